The predicted octanol–water partition coefficient (Wildman–Crippen LogP) is 4.95. The van der Waals surface area contributed by atoms with Gasteiger partial charge in [-0.25, -0.2) is 8.42 Å². The largest absolute Gasteiger partial charge is 0.496 e. The summed E-state index contributed by atoms with van der Waals surface area (Å²) in [4.78, 5) is 18.2. The molecule has 11 nitrogen and oxygen atoms in total. The predicted molar refractivity (Wildman–Crippen MR) is 161 cm³/mol. The lowest BCUT2D eigenvalue weighted by Crippen LogP contribution is -2.29. The van der Waals surface area contributed by atoms with Crippen molar-refractivity contribution in [2.45, 2.75) is 25.9 Å². The van der Waals surface area contributed by atoms with Gasteiger partial charge in [-0.3, -0.25) is 19.8 Å². The maximum absolute atomic E-state index is 12.0. The van der Waals surface area contributed by atoms with Crippen molar-refractivity contribution in [2.24, 2.45) is 0 Å². The van der Waals surface area contributed by atoms with Gasteiger partial charge in [0.15, 0.2) is 5.11 Å². The number of thiocarbonyl (C=S) groups is 1. The first kappa shape index (κ1) is 28.1. The number of nitrogens with zero attached hydrogens (tertiary/aromatic N) is 4. The van der Waals surface area contributed by atoms with Crippen molar-refractivity contribution < 1.29 is 18.1 Å². The summed E-state index contributed by atoms with van der Waals surface area (Å²) in [5.41, 5.74) is 4.78. The van der Waals surface area contributed by atoms with E-state index < -0.39 is 14.9 Å². The molecule has 0 unspecified atom stereocenters. The van der Waals surface area contributed by atoms with Gasteiger partial charge in [0.1, 0.15) is 11.4 Å². The second kappa shape index (κ2) is 10.8. The monoisotopic (exact) mass is 592 g/mol. The Morgan fingerprint density at radius 3 is 2.44 bits per heavy atom. The Labute approximate surface area is 243 Å². The molecule has 2 aromatic heterocycles. The third kappa shape index (κ3) is 5.45. The highest BCUT2D eigenvalue weighted by molar-refractivity contribution is 7.92. The van der Waals surface area contributed by atoms with Crippen molar-refractivity contribution in [3.05, 3.63) is 106 Å². The summed E-state index contributed by atoms with van der Waals surface area (Å²) in [6.45, 7) is 3.82. The molecular weight excluding hydrogens is 564 g/mol. The lowest BCUT2D eigenvalue weighted by molar-refractivity contribution is -0.384. The maximum atomic E-state index is 12.0. The number of nitrogens with one attached hydrogen (secondary N) is 2. The zero-order valence-electron chi connectivity index (χ0n) is 22.7. The summed E-state index contributed by atoms with van der Waals surface area (Å²) in [7, 11) is -1.97. The van der Waals surface area contributed by atoms with E-state index in [1.165, 1.54) is 13.2 Å². The Hall–Kier alpha value is -4.49. The maximum Gasteiger partial charge on any atom is 0.296 e. The summed E-state index contributed by atoms with van der Waals surface area (Å²) in [5, 5.41) is 15.9. The molecule has 2 atom stereocenters. The second-order valence-electron chi connectivity index (χ2n) is 9.69. The van der Waals surface area contributed by atoms with Crippen LogP contribution in [0.15, 0.2) is 72.9 Å². The van der Waals surface area contributed by atoms with Gasteiger partial charge in [-0.1, -0.05) is 6.07 Å². The first-order valence-electron chi connectivity index (χ1n) is 12.6. The number of nitro groups is 1. The number of methoxy groups -OCH3 is 1. The van der Waals surface area contributed by atoms with E-state index in [9.17, 15) is 18.5 Å². The van der Waals surface area contributed by atoms with Crippen molar-refractivity contribution in [2.75, 3.05) is 23.0 Å². The summed E-state index contributed by atoms with van der Waals surface area (Å²) in [6, 6.07) is 18.7. The number of aromatic nitrogens is 2. The number of pyridine rings is 1. The Morgan fingerprint density at radius 2 is 1.83 bits per heavy atom. The third-order valence-corrected chi connectivity index (χ3v) is 7.88. The fourth-order valence-electron chi connectivity index (χ4n) is 5.28. The van der Waals surface area contributed by atoms with Gasteiger partial charge in [-0.2, -0.15) is 0 Å². The SMILES string of the molecule is COc1ccc(-n2c(C)cc([C@@H]3[C@@H](c4ccccn4)NC(=S)N3c3ccc(NS(C)(=O)=O)cc3)c2C)c([N+](=O)[O-])c1. The molecule has 41 heavy (non-hydrogen) atoms. The van der Waals surface area contributed by atoms with E-state index in [-0.39, 0.29) is 17.8 Å². The van der Waals surface area contributed by atoms with Crippen LogP contribution in [-0.2, 0) is 10.0 Å². The van der Waals surface area contributed by atoms with Crippen LogP contribution in [-0.4, -0.2) is 41.4 Å². The number of hydrogen-bond donors (Lipinski definition) is 2. The van der Waals surface area contributed by atoms with Gasteiger partial charge < -0.3 is 19.5 Å². The topological polar surface area (TPSA) is 132 Å². The van der Waals surface area contributed by atoms with E-state index in [4.69, 9.17) is 17.0 Å². The number of nitro benzene ring substituents is 1. The van der Waals surface area contributed by atoms with Crippen molar-refractivity contribution >= 4 is 44.4 Å². The van der Waals surface area contributed by atoms with E-state index in [0.29, 0.717) is 22.2 Å². The number of anilines is 2. The molecule has 0 amide bonds. The molecule has 2 N–H and O–H groups in total. The van der Waals surface area contributed by atoms with Gasteiger partial charge in [-0.05, 0) is 86.2 Å². The molecule has 1 fully saturated rings. The summed E-state index contributed by atoms with van der Waals surface area (Å²) in [5.74, 6) is 0.392. The van der Waals surface area contributed by atoms with Crippen molar-refractivity contribution in [1.29, 1.82) is 0 Å². The normalized spacial score (nSPS) is 16.9. The standard InChI is InChI=1S/C28H28N6O5S2/c1-17-15-22(18(2)32(17)24-13-12-21(39-3)16-25(24)34(35)36)27-26(23-7-5-6-14-29-23)30-28(40)33(27)20-10-8-19(9-11-20)31-41(4,37)38/h5-16,26-27,31H,1-4H3,(H,30,40)/t26-,27-/m1/s1. The lowest BCUT2D eigenvalue weighted by Gasteiger charge is -2.28. The molecule has 0 spiro atoms. The fourth-order valence-corrected chi connectivity index (χ4v) is 6.19. The van der Waals surface area contributed by atoms with E-state index in [0.717, 1.165) is 34.6 Å². The molecule has 13 heteroatoms. The lowest BCUT2D eigenvalue weighted by atomic mass is 9.96. The van der Waals surface area contributed by atoms with E-state index in [2.05, 4.69) is 15.0 Å². The Bertz CT molecular complexity index is 1740. The van der Waals surface area contributed by atoms with Crippen molar-refractivity contribution in [3.8, 4) is 11.4 Å². The summed E-state index contributed by atoms with van der Waals surface area (Å²) < 4.78 is 33.0. The van der Waals surface area contributed by atoms with Crippen LogP contribution in [0.3, 0.4) is 0 Å². The van der Waals surface area contributed by atoms with Crippen LogP contribution in [0.25, 0.3) is 5.69 Å². The zero-order valence-corrected chi connectivity index (χ0v) is 24.4. The van der Waals surface area contributed by atoms with Crippen LogP contribution in [0, 0.1) is 24.0 Å². The zero-order chi connectivity index (χ0) is 29.5. The second-order valence-corrected chi connectivity index (χ2v) is 11.8. The Morgan fingerprint density at radius 1 is 1.10 bits per heavy atom. The number of benzene rings is 2. The van der Waals surface area contributed by atoms with Crippen LogP contribution in [0.2, 0.25) is 0 Å². The summed E-state index contributed by atoms with van der Waals surface area (Å²) in [6.07, 6.45) is 2.81. The molecule has 1 saturated heterocycles. The van der Waals surface area contributed by atoms with Gasteiger partial charge >= 0.3 is 0 Å². The average Bonchev–Trinajstić information content (AvgIpc) is 3.43. The van der Waals surface area contributed by atoms with Crippen molar-refractivity contribution in [3.63, 3.8) is 0 Å². The van der Waals surface area contributed by atoms with Crippen LogP contribution < -0.4 is 19.7 Å². The molecule has 3 heterocycles. The first-order valence-corrected chi connectivity index (χ1v) is 14.9. The van der Waals surface area contributed by atoms with Gasteiger partial charge in [0.05, 0.1) is 42.1 Å². The minimum atomic E-state index is -3.44. The first-order chi connectivity index (χ1) is 19.5. The molecule has 1 aliphatic heterocycles. The molecule has 0 radical (unpaired) electrons. The molecule has 0 bridgehead atoms. The van der Waals surface area contributed by atoms with Gasteiger partial charge in [-0.15, -0.1) is 0 Å². The third-order valence-electron chi connectivity index (χ3n) is 6.96. The number of rotatable bonds is 8. The number of hydrogen-bond acceptors (Lipinski definition) is 7. The number of sulfonamides is 1. The van der Waals surface area contributed by atoms with E-state index in [1.807, 2.05) is 47.6 Å². The van der Waals surface area contributed by atoms with Gasteiger partial charge in [0, 0.05) is 29.0 Å². The minimum Gasteiger partial charge on any atom is -0.496 e. The van der Waals surface area contributed by atoms with Crippen LogP contribution in [0.1, 0.15) is 34.7 Å². The molecule has 0 aliphatic carbocycles. The van der Waals surface area contributed by atoms with Crippen LogP contribution in [0.5, 0.6) is 5.75 Å². The van der Waals surface area contributed by atoms with Crippen molar-refractivity contribution in [1.82, 2.24) is 14.9 Å². The Balaban J connectivity index is 1.66. The number of aryl methyl sites for hydroxylation is 1. The molecule has 4 aromatic rings. The molecule has 5 rings (SSSR count). The number of ether oxygens (including phenoxy) is 1. The van der Waals surface area contributed by atoms with Crippen LogP contribution in [0.4, 0.5) is 17.1 Å². The Kier molecular flexibility index (Phi) is 7.41. The molecule has 2 aromatic carbocycles. The fraction of sp³-hybridized carbons (Fsp3) is 0.214. The van der Waals surface area contributed by atoms with Gasteiger partial charge in [0.25, 0.3) is 5.69 Å². The molecule has 212 valence electrons. The highest BCUT2D eigenvalue weighted by Gasteiger charge is 2.42. The molecule has 1 aliphatic rings. The van der Waals surface area contributed by atoms with Gasteiger partial charge in [0.2, 0.25) is 10.0 Å². The van der Waals surface area contributed by atoms with E-state index >= 15 is 0 Å². The smallest absolute Gasteiger partial charge is 0.296 e. The quantitative estimate of drug-likeness (QED) is 0.166. The highest BCUT2D eigenvalue weighted by Crippen LogP contribution is 2.44. The summed E-state index contributed by atoms with van der Waals surface area (Å²) >= 11 is 5.82. The van der Waals surface area contributed by atoms with E-state index in [1.54, 1.807) is 42.6 Å². The molecule has 0 saturated carbocycles. The average molecular weight is 593 g/mol. The van der Waals surface area contributed by atoms with Crippen LogP contribution >= 0.6 is 12.2 Å². The molecular formula is C28H28N6O5S2. The highest BCUT2D eigenvalue weighted by atomic mass is 32.2. The minimum absolute atomic E-state index is 0.0788.